The Balaban J connectivity index is 2.02. The zero-order valence-electron chi connectivity index (χ0n) is 11.8. The summed E-state index contributed by atoms with van der Waals surface area (Å²) in [6.07, 6.45) is 0.161. The molecule has 2 aromatic carbocycles. The minimum Gasteiger partial charge on any atom is -0.482 e. The van der Waals surface area contributed by atoms with Gasteiger partial charge < -0.3 is 20.4 Å². The zero-order valence-corrected chi connectivity index (χ0v) is 11.8. The molecule has 0 saturated carbocycles. The van der Waals surface area contributed by atoms with Crippen LogP contribution in [0, 0.1) is 0 Å². The average molecular weight is 286 g/mol. The summed E-state index contributed by atoms with van der Waals surface area (Å²) in [6, 6.07) is 16.7. The lowest BCUT2D eigenvalue weighted by Gasteiger charge is -2.16. The summed E-state index contributed by atoms with van der Waals surface area (Å²) in [5.41, 5.74) is 5.56. The normalized spacial score (nSPS) is 12.7. The van der Waals surface area contributed by atoms with Crippen LogP contribution in [-0.4, -0.2) is 17.1 Å². The summed E-state index contributed by atoms with van der Waals surface area (Å²) in [5, 5.41) is 11.7. The number of oxime groups is 1. The highest BCUT2D eigenvalue weighted by atomic mass is 16.5. The standard InChI is InChI=1S/C16H18N2O3/c1-2-15(16(17)18-19)21-14-10-8-13(9-11-14)20-12-6-4-3-5-7-12/h3-11,15,19H,2H2,1H3,(H2,17,18). The molecule has 0 aliphatic carbocycles. The largest absolute Gasteiger partial charge is 0.482 e. The first kappa shape index (κ1) is 14.7. The Morgan fingerprint density at radius 2 is 1.62 bits per heavy atom. The van der Waals surface area contributed by atoms with Gasteiger partial charge >= 0.3 is 0 Å². The van der Waals surface area contributed by atoms with Crippen molar-refractivity contribution in [3.05, 3.63) is 54.6 Å². The van der Waals surface area contributed by atoms with E-state index in [-0.39, 0.29) is 5.84 Å². The third-order valence-corrected chi connectivity index (χ3v) is 2.90. The number of rotatable bonds is 6. The number of hydrogen-bond acceptors (Lipinski definition) is 4. The molecule has 2 rings (SSSR count). The van der Waals surface area contributed by atoms with Crippen molar-refractivity contribution >= 4 is 5.84 Å². The highest BCUT2D eigenvalue weighted by Crippen LogP contribution is 2.24. The molecule has 110 valence electrons. The lowest BCUT2D eigenvalue weighted by Crippen LogP contribution is -2.33. The molecule has 1 atom stereocenters. The maximum absolute atomic E-state index is 8.69. The maximum Gasteiger partial charge on any atom is 0.180 e. The van der Waals surface area contributed by atoms with E-state index in [2.05, 4.69) is 5.16 Å². The van der Waals surface area contributed by atoms with E-state index in [0.29, 0.717) is 17.9 Å². The van der Waals surface area contributed by atoms with Gasteiger partial charge in [0.05, 0.1) is 0 Å². The van der Waals surface area contributed by atoms with Crippen molar-refractivity contribution in [2.45, 2.75) is 19.4 Å². The SMILES string of the molecule is CCC(Oc1ccc(Oc2ccccc2)cc1)C(N)=NO. The van der Waals surface area contributed by atoms with Crippen LogP contribution in [-0.2, 0) is 0 Å². The van der Waals surface area contributed by atoms with Crippen molar-refractivity contribution in [2.75, 3.05) is 0 Å². The summed E-state index contributed by atoms with van der Waals surface area (Å²) < 4.78 is 11.3. The summed E-state index contributed by atoms with van der Waals surface area (Å²) >= 11 is 0. The van der Waals surface area contributed by atoms with Gasteiger partial charge in [0.15, 0.2) is 11.9 Å². The topological polar surface area (TPSA) is 77.1 Å². The van der Waals surface area contributed by atoms with Crippen LogP contribution in [0.15, 0.2) is 59.8 Å². The quantitative estimate of drug-likeness (QED) is 0.369. The summed E-state index contributed by atoms with van der Waals surface area (Å²) in [7, 11) is 0. The fourth-order valence-corrected chi connectivity index (χ4v) is 1.79. The van der Waals surface area contributed by atoms with Gasteiger partial charge in [-0.25, -0.2) is 0 Å². The molecule has 2 aromatic rings. The molecule has 5 nitrogen and oxygen atoms in total. The number of benzene rings is 2. The number of nitrogens with zero attached hydrogens (tertiary/aromatic N) is 1. The Morgan fingerprint density at radius 3 is 2.19 bits per heavy atom. The van der Waals surface area contributed by atoms with E-state index in [1.165, 1.54) is 0 Å². The first-order chi connectivity index (χ1) is 10.2. The Morgan fingerprint density at radius 1 is 1.05 bits per heavy atom. The lowest BCUT2D eigenvalue weighted by molar-refractivity contribution is 0.246. The molecular weight excluding hydrogens is 268 g/mol. The molecule has 0 saturated heterocycles. The number of ether oxygens (including phenoxy) is 2. The molecule has 0 bridgehead atoms. The van der Waals surface area contributed by atoms with E-state index in [0.717, 1.165) is 5.75 Å². The van der Waals surface area contributed by atoms with Crippen LogP contribution in [0.5, 0.6) is 17.2 Å². The first-order valence-corrected chi connectivity index (χ1v) is 6.70. The molecule has 0 aromatic heterocycles. The van der Waals surface area contributed by atoms with Crippen molar-refractivity contribution < 1.29 is 14.7 Å². The van der Waals surface area contributed by atoms with Gasteiger partial charge in [-0.15, -0.1) is 0 Å². The van der Waals surface area contributed by atoms with E-state index in [1.54, 1.807) is 24.3 Å². The van der Waals surface area contributed by atoms with Gasteiger partial charge in [-0.1, -0.05) is 30.3 Å². The molecule has 5 heteroatoms. The average Bonchev–Trinajstić information content (AvgIpc) is 2.54. The van der Waals surface area contributed by atoms with Crippen LogP contribution in [0.25, 0.3) is 0 Å². The Labute approximate surface area is 123 Å². The summed E-state index contributed by atoms with van der Waals surface area (Å²) in [6.45, 7) is 1.90. The molecule has 0 aliphatic heterocycles. The molecule has 0 amide bonds. The molecule has 0 fully saturated rings. The summed E-state index contributed by atoms with van der Waals surface area (Å²) in [4.78, 5) is 0. The van der Waals surface area contributed by atoms with Crippen LogP contribution in [0.4, 0.5) is 0 Å². The number of nitrogens with two attached hydrogens (primary N) is 1. The zero-order chi connectivity index (χ0) is 15.1. The smallest absolute Gasteiger partial charge is 0.180 e. The van der Waals surface area contributed by atoms with Crippen molar-refractivity contribution in [3.8, 4) is 17.2 Å². The predicted octanol–water partition coefficient (Wildman–Crippen LogP) is 3.38. The summed E-state index contributed by atoms with van der Waals surface area (Å²) in [5.74, 6) is 2.18. The van der Waals surface area contributed by atoms with Gasteiger partial charge in [-0.05, 0) is 42.8 Å². The van der Waals surface area contributed by atoms with Crippen molar-refractivity contribution in [1.29, 1.82) is 0 Å². The van der Waals surface area contributed by atoms with Gasteiger partial charge in [0.1, 0.15) is 17.2 Å². The first-order valence-electron chi connectivity index (χ1n) is 6.70. The fourth-order valence-electron chi connectivity index (χ4n) is 1.79. The molecular formula is C16H18N2O3. The second-order valence-corrected chi connectivity index (χ2v) is 4.43. The second-order valence-electron chi connectivity index (χ2n) is 4.43. The van der Waals surface area contributed by atoms with Crippen LogP contribution >= 0.6 is 0 Å². The van der Waals surface area contributed by atoms with E-state index in [9.17, 15) is 0 Å². The Bertz CT molecular complexity index is 582. The van der Waals surface area contributed by atoms with E-state index in [1.807, 2.05) is 37.3 Å². The third-order valence-electron chi connectivity index (χ3n) is 2.90. The molecule has 1 unspecified atom stereocenters. The van der Waals surface area contributed by atoms with Crippen LogP contribution in [0.3, 0.4) is 0 Å². The molecule has 0 aliphatic rings. The Hall–Kier alpha value is -2.69. The molecule has 0 heterocycles. The molecule has 0 radical (unpaired) electrons. The highest BCUT2D eigenvalue weighted by molar-refractivity contribution is 5.84. The van der Waals surface area contributed by atoms with Crippen molar-refractivity contribution in [1.82, 2.24) is 0 Å². The molecule has 0 spiro atoms. The number of para-hydroxylation sites is 1. The Kier molecular flexibility index (Phi) is 5.04. The third kappa shape index (κ3) is 4.14. The van der Waals surface area contributed by atoms with E-state index in [4.69, 9.17) is 20.4 Å². The monoisotopic (exact) mass is 286 g/mol. The molecule has 21 heavy (non-hydrogen) atoms. The molecule has 3 N–H and O–H groups in total. The van der Waals surface area contributed by atoms with Crippen LogP contribution in [0.2, 0.25) is 0 Å². The lowest BCUT2D eigenvalue weighted by atomic mass is 10.2. The second kappa shape index (κ2) is 7.19. The number of amidine groups is 1. The van der Waals surface area contributed by atoms with Gasteiger partial charge in [0.2, 0.25) is 0 Å². The minimum absolute atomic E-state index is 0.0575. The van der Waals surface area contributed by atoms with Crippen molar-refractivity contribution in [2.24, 2.45) is 10.9 Å². The predicted molar refractivity (Wildman–Crippen MR) is 81.1 cm³/mol. The van der Waals surface area contributed by atoms with E-state index < -0.39 is 6.10 Å². The van der Waals surface area contributed by atoms with Gasteiger partial charge in [-0.3, -0.25) is 0 Å². The van der Waals surface area contributed by atoms with Gasteiger partial charge in [0.25, 0.3) is 0 Å². The highest BCUT2D eigenvalue weighted by Gasteiger charge is 2.13. The van der Waals surface area contributed by atoms with Gasteiger partial charge in [0, 0.05) is 0 Å². The maximum atomic E-state index is 8.69. The van der Waals surface area contributed by atoms with Gasteiger partial charge in [-0.2, -0.15) is 0 Å². The van der Waals surface area contributed by atoms with Crippen LogP contribution < -0.4 is 15.2 Å². The fraction of sp³-hybridized carbons (Fsp3) is 0.188. The van der Waals surface area contributed by atoms with Crippen LogP contribution in [0.1, 0.15) is 13.3 Å². The van der Waals surface area contributed by atoms with Crippen molar-refractivity contribution in [3.63, 3.8) is 0 Å². The van der Waals surface area contributed by atoms with E-state index >= 15 is 0 Å². The minimum atomic E-state index is -0.448. The number of hydrogen-bond donors (Lipinski definition) is 2.